The average molecular weight is 233 g/mol. The average Bonchev–Trinajstić information content (AvgIpc) is 2.98. The van der Waals surface area contributed by atoms with E-state index in [4.69, 9.17) is 4.84 Å². The molecule has 0 atom stereocenters. The maximum atomic E-state index is 12.0. The molecule has 1 amide bonds. The van der Waals surface area contributed by atoms with Gasteiger partial charge in [-0.25, -0.2) is 14.6 Å². The number of fused-ring (bicyclic) bond motifs is 1. The van der Waals surface area contributed by atoms with Gasteiger partial charge in [0.05, 0.1) is 13.2 Å². The van der Waals surface area contributed by atoms with Crippen LogP contribution >= 0.6 is 0 Å². The zero-order chi connectivity index (χ0) is 11.8. The van der Waals surface area contributed by atoms with Gasteiger partial charge in [-0.15, -0.1) is 5.10 Å². The molecule has 1 saturated heterocycles. The van der Waals surface area contributed by atoms with Crippen molar-refractivity contribution in [2.45, 2.75) is 13.3 Å². The third-order valence-electron chi connectivity index (χ3n) is 2.60. The summed E-state index contributed by atoms with van der Waals surface area (Å²) in [6.07, 6.45) is 2.48. The number of carbonyl (C=O) groups is 1. The van der Waals surface area contributed by atoms with Crippen molar-refractivity contribution in [3.63, 3.8) is 0 Å². The molecule has 7 nitrogen and oxygen atoms in total. The SMILES string of the molecule is Cc1ccnc2nc(C(=O)N3CCCO3)nn12. The van der Waals surface area contributed by atoms with Crippen LogP contribution in [0, 0.1) is 6.92 Å². The maximum Gasteiger partial charge on any atom is 0.317 e. The van der Waals surface area contributed by atoms with Crippen molar-refractivity contribution in [1.29, 1.82) is 0 Å². The van der Waals surface area contributed by atoms with Crippen molar-refractivity contribution in [3.8, 4) is 0 Å². The molecule has 0 spiro atoms. The molecule has 3 heterocycles. The van der Waals surface area contributed by atoms with E-state index < -0.39 is 0 Å². The van der Waals surface area contributed by atoms with Gasteiger partial charge < -0.3 is 0 Å². The summed E-state index contributed by atoms with van der Waals surface area (Å²) in [7, 11) is 0. The van der Waals surface area contributed by atoms with E-state index in [2.05, 4.69) is 15.1 Å². The maximum absolute atomic E-state index is 12.0. The van der Waals surface area contributed by atoms with Crippen LogP contribution in [0.25, 0.3) is 5.78 Å². The minimum absolute atomic E-state index is 0.119. The Morgan fingerprint density at radius 2 is 2.41 bits per heavy atom. The fourth-order valence-corrected chi connectivity index (χ4v) is 1.72. The van der Waals surface area contributed by atoms with Gasteiger partial charge in [0.15, 0.2) is 0 Å². The largest absolute Gasteiger partial charge is 0.317 e. The van der Waals surface area contributed by atoms with Crippen molar-refractivity contribution < 1.29 is 9.63 Å². The van der Waals surface area contributed by atoms with Crippen LogP contribution < -0.4 is 0 Å². The highest BCUT2D eigenvalue weighted by Gasteiger charge is 2.25. The Morgan fingerprint density at radius 3 is 3.12 bits per heavy atom. The first kappa shape index (κ1) is 10.2. The Morgan fingerprint density at radius 1 is 1.53 bits per heavy atom. The highest BCUT2D eigenvalue weighted by molar-refractivity contribution is 5.90. The van der Waals surface area contributed by atoms with Gasteiger partial charge in [0.1, 0.15) is 0 Å². The summed E-state index contributed by atoms with van der Waals surface area (Å²) in [6, 6.07) is 1.81. The molecule has 1 fully saturated rings. The van der Waals surface area contributed by atoms with Gasteiger partial charge in [-0.1, -0.05) is 0 Å². The van der Waals surface area contributed by atoms with E-state index >= 15 is 0 Å². The standard InChI is InChI=1S/C10H11N5O2/c1-7-3-4-11-10-12-8(13-15(7)10)9(16)14-5-2-6-17-14/h3-4H,2,5-6H2,1H3. The lowest BCUT2D eigenvalue weighted by Crippen LogP contribution is -2.27. The van der Waals surface area contributed by atoms with Crippen LogP contribution in [0.5, 0.6) is 0 Å². The first-order chi connectivity index (χ1) is 8.25. The lowest BCUT2D eigenvalue weighted by atomic mass is 10.4. The summed E-state index contributed by atoms with van der Waals surface area (Å²) in [5.41, 5.74) is 0.879. The van der Waals surface area contributed by atoms with Crippen LogP contribution in [0.4, 0.5) is 0 Å². The van der Waals surface area contributed by atoms with Gasteiger partial charge in [0.2, 0.25) is 5.82 Å². The van der Waals surface area contributed by atoms with Gasteiger partial charge in [-0.3, -0.25) is 9.63 Å². The second-order valence-corrected chi connectivity index (χ2v) is 3.83. The topological polar surface area (TPSA) is 72.6 Å². The van der Waals surface area contributed by atoms with E-state index in [1.165, 1.54) is 5.06 Å². The molecule has 88 valence electrons. The Kier molecular flexibility index (Phi) is 2.25. The number of amides is 1. The number of hydrogen-bond donors (Lipinski definition) is 0. The van der Waals surface area contributed by atoms with Crippen LogP contribution in [0.1, 0.15) is 22.7 Å². The molecule has 1 aliphatic rings. The van der Waals surface area contributed by atoms with Gasteiger partial charge in [0, 0.05) is 11.9 Å². The molecule has 1 aliphatic heterocycles. The molecule has 0 unspecified atom stereocenters. The van der Waals surface area contributed by atoms with Gasteiger partial charge in [0.25, 0.3) is 5.78 Å². The van der Waals surface area contributed by atoms with Crippen molar-refractivity contribution in [2.75, 3.05) is 13.2 Å². The van der Waals surface area contributed by atoms with Gasteiger partial charge in [-0.2, -0.15) is 4.98 Å². The van der Waals surface area contributed by atoms with Gasteiger partial charge >= 0.3 is 5.91 Å². The normalized spacial score (nSPS) is 15.7. The highest BCUT2D eigenvalue weighted by Crippen LogP contribution is 2.09. The first-order valence-electron chi connectivity index (χ1n) is 5.39. The van der Waals surface area contributed by atoms with E-state index in [1.54, 1.807) is 10.7 Å². The fraction of sp³-hybridized carbons (Fsp3) is 0.400. The molecule has 3 rings (SSSR count). The molecule has 17 heavy (non-hydrogen) atoms. The van der Waals surface area contributed by atoms with Crippen molar-refractivity contribution in [3.05, 3.63) is 23.8 Å². The van der Waals surface area contributed by atoms with E-state index in [9.17, 15) is 4.79 Å². The second kappa shape index (κ2) is 3.77. The number of aryl methyl sites for hydroxylation is 1. The molecule has 0 aliphatic carbocycles. The number of hydrogen-bond acceptors (Lipinski definition) is 5. The fourth-order valence-electron chi connectivity index (χ4n) is 1.72. The summed E-state index contributed by atoms with van der Waals surface area (Å²) in [6.45, 7) is 3.03. The Labute approximate surface area is 97.0 Å². The molecule has 2 aromatic heterocycles. The van der Waals surface area contributed by atoms with E-state index in [0.29, 0.717) is 18.9 Å². The third-order valence-corrected chi connectivity index (χ3v) is 2.60. The summed E-state index contributed by atoms with van der Waals surface area (Å²) >= 11 is 0. The van der Waals surface area contributed by atoms with Gasteiger partial charge in [-0.05, 0) is 19.4 Å². The van der Waals surface area contributed by atoms with E-state index in [0.717, 1.165) is 12.1 Å². The summed E-state index contributed by atoms with van der Waals surface area (Å²) in [5, 5.41) is 5.42. The predicted octanol–water partition coefficient (Wildman–Crippen LogP) is 0.210. The number of rotatable bonds is 1. The predicted molar refractivity (Wildman–Crippen MR) is 57.1 cm³/mol. The van der Waals surface area contributed by atoms with Crippen molar-refractivity contribution >= 4 is 11.7 Å². The molecule has 7 heteroatoms. The molecule has 2 aromatic rings. The number of carbonyl (C=O) groups excluding carboxylic acids is 1. The zero-order valence-electron chi connectivity index (χ0n) is 9.33. The summed E-state index contributed by atoms with van der Waals surface area (Å²) in [4.78, 5) is 25.3. The lowest BCUT2D eigenvalue weighted by Gasteiger charge is -2.10. The smallest absolute Gasteiger partial charge is 0.271 e. The summed E-state index contributed by atoms with van der Waals surface area (Å²) < 4.78 is 1.54. The molecule has 0 N–H and O–H groups in total. The highest BCUT2D eigenvalue weighted by atomic mass is 16.7. The molecular weight excluding hydrogens is 222 g/mol. The number of aromatic nitrogens is 4. The minimum atomic E-state index is -0.313. The monoisotopic (exact) mass is 233 g/mol. The number of nitrogens with zero attached hydrogens (tertiary/aromatic N) is 5. The molecule has 0 saturated carbocycles. The van der Waals surface area contributed by atoms with Crippen LogP contribution in [0.3, 0.4) is 0 Å². The zero-order valence-corrected chi connectivity index (χ0v) is 9.33. The van der Waals surface area contributed by atoms with Crippen molar-refractivity contribution in [1.82, 2.24) is 24.6 Å². The molecule has 0 radical (unpaired) electrons. The Bertz CT molecular complexity index is 573. The van der Waals surface area contributed by atoms with E-state index in [-0.39, 0.29) is 11.7 Å². The third kappa shape index (κ3) is 1.64. The molecule has 0 aromatic carbocycles. The van der Waals surface area contributed by atoms with Crippen molar-refractivity contribution in [2.24, 2.45) is 0 Å². The minimum Gasteiger partial charge on any atom is -0.271 e. The van der Waals surface area contributed by atoms with Crippen LogP contribution in [0.2, 0.25) is 0 Å². The van der Waals surface area contributed by atoms with E-state index in [1.807, 2.05) is 13.0 Å². The second-order valence-electron chi connectivity index (χ2n) is 3.83. The Hall–Kier alpha value is -2.02. The van der Waals surface area contributed by atoms with Crippen LogP contribution in [-0.4, -0.2) is 43.7 Å². The lowest BCUT2D eigenvalue weighted by molar-refractivity contribution is -0.0775. The summed E-state index contributed by atoms with van der Waals surface area (Å²) in [5.74, 6) is 0.230. The van der Waals surface area contributed by atoms with Crippen LogP contribution in [-0.2, 0) is 4.84 Å². The van der Waals surface area contributed by atoms with Crippen LogP contribution in [0.15, 0.2) is 12.3 Å². The quantitative estimate of drug-likeness (QED) is 0.704. The first-order valence-corrected chi connectivity index (χ1v) is 5.39. The Balaban J connectivity index is 2.00. The molecule has 0 bridgehead atoms. The number of hydroxylamine groups is 2. The molecular formula is C10H11N5O2.